The summed E-state index contributed by atoms with van der Waals surface area (Å²) in [7, 11) is 1.65. The van der Waals surface area contributed by atoms with Crippen LogP contribution in [0.2, 0.25) is 0 Å². The number of benzene rings is 2. The fourth-order valence-corrected chi connectivity index (χ4v) is 3.53. The van der Waals surface area contributed by atoms with Crippen molar-refractivity contribution >= 4 is 35.0 Å². The number of hydrogen-bond donors (Lipinski definition) is 2. The normalized spacial score (nSPS) is 11.3. The first kappa shape index (κ1) is 23.3. The van der Waals surface area contributed by atoms with Gasteiger partial charge in [-0.15, -0.1) is 10.2 Å². The standard InChI is InChI=1S/C21H20F3N5O2S/c1-13-5-3-7-15(9-13)26-19(31)12-32-20-28-27-17(29(20)2)11-18(30)25-16-8-4-6-14(10-16)21(22,23)24/h3-10H,11-12H2,1-2H3,(H,25,30)(H,26,31). The van der Waals surface area contributed by atoms with Crippen LogP contribution in [0.5, 0.6) is 0 Å². The topological polar surface area (TPSA) is 88.9 Å². The van der Waals surface area contributed by atoms with E-state index in [0.29, 0.717) is 16.7 Å². The Morgan fingerprint density at radius 2 is 1.66 bits per heavy atom. The average Bonchev–Trinajstić information content (AvgIpc) is 3.05. The quantitative estimate of drug-likeness (QED) is 0.516. The Labute approximate surface area is 186 Å². The minimum Gasteiger partial charge on any atom is -0.326 e. The molecule has 3 aromatic rings. The molecule has 0 unspecified atom stereocenters. The van der Waals surface area contributed by atoms with Crippen LogP contribution in [0, 0.1) is 6.92 Å². The predicted molar refractivity (Wildman–Crippen MR) is 115 cm³/mol. The molecule has 168 valence electrons. The van der Waals surface area contributed by atoms with Crippen LogP contribution in [-0.4, -0.2) is 32.3 Å². The first-order chi connectivity index (χ1) is 15.1. The van der Waals surface area contributed by atoms with Gasteiger partial charge in [-0.2, -0.15) is 13.2 Å². The van der Waals surface area contributed by atoms with Crippen molar-refractivity contribution in [3.63, 3.8) is 0 Å². The molecule has 0 saturated carbocycles. The monoisotopic (exact) mass is 463 g/mol. The van der Waals surface area contributed by atoms with Crippen molar-refractivity contribution < 1.29 is 22.8 Å². The van der Waals surface area contributed by atoms with Gasteiger partial charge in [-0.05, 0) is 42.8 Å². The van der Waals surface area contributed by atoms with Crippen LogP contribution in [0.1, 0.15) is 17.0 Å². The molecule has 7 nitrogen and oxygen atoms in total. The average molecular weight is 463 g/mol. The number of amides is 2. The molecule has 0 saturated heterocycles. The fraction of sp³-hybridized carbons (Fsp3) is 0.238. The molecule has 0 spiro atoms. The lowest BCUT2D eigenvalue weighted by Crippen LogP contribution is -2.18. The summed E-state index contributed by atoms with van der Waals surface area (Å²) in [5.41, 5.74) is 0.906. The van der Waals surface area contributed by atoms with Crippen LogP contribution in [0.15, 0.2) is 53.7 Å². The summed E-state index contributed by atoms with van der Waals surface area (Å²) in [4.78, 5) is 24.4. The van der Waals surface area contributed by atoms with Gasteiger partial charge in [-0.25, -0.2) is 0 Å². The number of aromatic nitrogens is 3. The first-order valence-corrected chi connectivity index (χ1v) is 10.4. The van der Waals surface area contributed by atoms with Crippen LogP contribution >= 0.6 is 11.8 Å². The Morgan fingerprint density at radius 3 is 2.34 bits per heavy atom. The van der Waals surface area contributed by atoms with Crippen molar-refractivity contribution in [2.45, 2.75) is 24.7 Å². The maximum absolute atomic E-state index is 12.8. The van der Waals surface area contributed by atoms with Gasteiger partial charge in [0.2, 0.25) is 11.8 Å². The molecule has 3 rings (SSSR count). The van der Waals surface area contributed by atoms with Gasteiger partial charge in [0.15, 0.2) is 5.16 Å². The van der Waals surface area contributed by atoms with Gasteiger partial charge in [0, 0.05) is 18.4 Å². The molecular formula is C21H20F3N5O2S. The molecule has 2 amide bonds. The molecule has 1 aromatic heterocycles. The molecule has 2 aromatic carbocycles. The van der Waals surface area contributed by atoms with E-state index in [2.05, 4.69) is 20.8 Å². The lowest BCUT2D eigenvalue weighted by atomic mass is 10.2. The zero-order chi connectivity index (χ0) is 23.3. The lowest BCUT2D eigenvalue weighted by molar-refractivity contribution is -0.137. The molecule has 0 aliphatic heterocycles. The Balaban J connectivity index is 1.55. The second-order valence-electron chi connectivity index (χ2n) is 6.97. The van der Waals surface area contributed by atoms with Crippen molar-refractivity contribution in [3.05, 3.63) is 65.5 Å². The zero-order valence-electron chi connectivity index (χ0n) is 17.2. The molecule has 2 N–H and O–H groups in total. The highest BCUT2D eigenvalue weighted by Gasteiger charge is 2.30. The van der Waals surface area contributed by atoms with E-state index in [0.717, 1.165) is 29.5 Å². The molecule has 1 heterocycles. The molecule has 11 heteroatoms. The molecule has 0 aliphatic carbocycles. The number of alkyl halides is 3. The van der Waals surface area contributed by atoms with E-state index in [1.807, 2.05) is 25.1 Å². The number of hydrogen-bond acceptors (Lipinski definition) is 5. The number of carbonyl (C=O) groups excluding carboxylic acids is 2. The number of carbonyl (C=O) groups is 2. The third kappa shape index (κ3) is 6.33. The Kier molecular flexibility index (Phi) is 7.18. The van der Waals surface area contributed by atoms with E-state index >= 15 is 0 Å². The van der Waals surface area contributed by atoms with E-state index in [-0.39, 0.29) is 23.8 Å². The van der Waals surface area contributed by atoms with Gasteiger partial charge in [-0.3, -0.25) is 9.59 Å². The second-order valence-corrected chi connectivity index (χ2v) is 7.91. The Morgan fingerprint density at radius 1 is 1.00 bits per heavy atom. The Hall–Kier alpha value is -3.34. The molecular weight excluding hydrogens is 443 g/mol. The number of anilines is 2. The van der Waals surface area contributed by atoms with Crippen LogP contribution < -0.4 is 10.6 Å². The minimum atomic E-state index is -4.50. The number of thioether (sulfide) groups is 1. The maximum atomic E-state index is 12.8. The highest BCUT2D eigenvalue weighted by molar-refractivity contribution is 7.99. The van der Waals surface area contributed by atoms with E-state index in [1.54, 1.807) is 17.7 Å². The third-order valence-electron chi connectivity index (χ3n) is 4.35. The van der Waals surface area contributed by atoms with Gasteiger partial charge in [0.1, 0.15) is 5.82 Å². The van der Waals surface area contributed by atoms with Crippen molar-refractivity contribution in [1.29, 1.82) is 0 Å². The molecule has 0 radical (unpaired) electrons. The highest BCUT2D eigenvalue weighted by atomic mass is 32.2. The number of rotatable bonds is 7. The van der Waals surface area contributed by atoms with Crippen molar-refractivity contribution in [3.8, 4) is 0 Å². The first-order valence-electron chi connectivity index (χ1n) is 9.46. The zero-order valence-corrected chi connectivity index (χ0v) is 18.0. The van der Waals surface area contributed by atoms with E-state index in [4.69, 9.17) is 0 Å². The van der Waals surface area contributed by atoms with Crippen molar-refractivity contribution in [2.75, 3.05) is 16.4 Å². The van der Waals surface area contributed by atoms with Gasteiger partial charge in [0.25, 0.3) is 0 Å². The largest absolute Gasteiger partial charge is 0.416 e. The van der Waals surface area contributed by atoms with Gasteiger partial charge in [0.05, 0.1) is 17.7 Å². The summed E-state index contributed by atoms with van der Waals surface area (Å²) in [6.07, 6.45) is -4.68. The molecule has 32 heavy (non-hydrogen) atoms. The van der Waals surface area contributed by atoms with Crippen LogP contribution in [0.3, 0.4) is 0 Å². The van der Waals surface area contributed by atoms with Crippen LogP contribution in [-0.2, 0) is 29.2 Å². The molecule has 0 aliphatic rings. The molecule has 0 bridgehead atoms. The Bertz CT molecular complexity index is 1130. The van der Waals surface area contributed by atoms with Gasteiger partial charge in [-0.1, -0.05) is 30.0 Å². The van der Waals surface area contributed by atoms with Gasteiger partial charge >= 0.3 is 6.18 Å². The van der Waals surface area contributed by atoms with Crippen molar-refractivity contribution in [2.24, 2.45) is 7.05 Å². The van der Waals surface area contributed by atoms with E-state index in [1.165, 1.54) is 12.1 Å². The summed E-state index contributed by atoms with van der Waals surface area (Å²) in [5, 5.41) is 13.6. The molecule has 0 fully saturated rings. The molecule has 0 atom stereocenters. The van der Waals surface area contributed by atoms with E-state index in [9.17, 15) is 22.8 Å². The summed E-state index contributed by atoms with van der Waals surface area (Å²) in [5.74, 6) is -0.340. The number of halogens is 3. The third-order valence-corrected chi connectivity index (χ3v) is 5.37. The number of aryl methyl sites for hydroxylation is 1. The highest BCUT2D eigenvalue weighted by Crippen LogP contribution is 2.30. The summed E-state index contributed by atoms with van der Waals surface area (Å²) < 4.78 is 40.0. The van der Waals surface area contributed by atoms with Gasteiger partial charge < -0.3 is 15.2 Å². The number of nitrogens with zero attached hydrogens (tertiary/aromatic N) is 3. The minimum absolute atomic E-state index is 0.0365. The lowest BCUT2D eigenvalue weighted by Gasteiger charge is -2.10. The second kappa shape index (κ2) is 9.86. The summed E-state index contributed by atoms with van der Waals surface area (Å²) in [6.45, 7) is 1.93. The predicted octanol–water partition coefficient (Wildman–Crippen LogP) is 4.05. The number of nitrogens with one attached hydrogen (secondary N) is 2. The van der Waals surface area contributed by atoms with Crippen molar-refractivity contribution in [1.82, 2.24) is 14.8 Å². The van der Waals surface area contributed by atoms with Crippen LogP contribution in [0.4, 0.5) is 24.5 Å². The maximum Gasteiger partial charge on any atom is 0.416 e. The summed E-state index contributed by atoms with van der Waals surface area (Å²) >= 11 is 1.16. The SMILES string of the molecule is Cc1cccc(NC(=O)CSc2nnc(CC(=O)Nc3cccc(C(F)(F)F)c3)n2C)c1. The smallest absolute Gasteiger partial charge is 0.326 e. The fourth-order valence-electron chi connectivity index (χ4n) is 2.80. The van der Waals surface area contributed by atoms with Crippen LogP contribution in [0.25, 0.3) is 0 Å². The van der Waals surface area contributed by atoms with E-state index < -0.39 is 17.6 Å². The summed E-state index contributed by atoms with van der Waals surface area (Å²) in [6, 6.07) is 11.8.